The lowest BCUT2D eigenvalue weighted by Crippen LogP contribution is -2.54. The number of anilines is 1. The van der Waals surface area contributed by atoms with E-state index in [0.29, 0.717) is 28.3 Å². The van der Waals surface area contributed by atoms with Gasteiger partial charge in [-0.3, -0.25) is 25.0 Å². The summed E-state index contributed by atoms with van der Waals surface area (Å²) < 4.78 is 11.2. The van der Waals surface area contributed by atoms with E-state index in [1.54, 1.807) is 49.4 Å². The summed E-state index contributed by atoms with van der Waals surface area (Å²) in [7, 11) is 1.44. The largest absolute Gasteiger partial charge is 0.493 e. The molecule has 0 aliphatic carbocycles. The Bertz CT molecular complexity index is 1460. The van der Waals surface area contributed by atoms with Crippen molar-refractivity contribution >= 4 is 35.3 Å². The van der Waals surface area contributed by atoms with Crippen molar-refractivity contribution in [1.82, 2.24) is 5.32 Å². The normalized spacial score (nSPS) is 14.5. The first-order valence-electron chi connectivity index (χ1n) is 11.2. The Morgan fingerprint density at radius 1 is 1.00 bits per heavy atom. The zero-order valence-corrected chi connectivity index (χ0v) is 20.3. The van der Waals surface area contributed by atoms with E-state index in [4.69, 9.17) is 9.47 Å². The molecular formula is C27H23N3O7. The smallest absolute Gasteiger partial charge is 0.335 e. The average molecular weight is 501 g/mol. The van der Waals surface area contributed by atoms with E-state index >= 15 is 0 Å². The summed E-state index contributed by atoms with van der Waals surface area (Å²) in [5, 5.41) is 13.2. The number of amides is 4. The molecule has 4 rings (SSSR count). The molecule has 0 atom stereocenters. The van der Waals surface area contributed by atoms with Crippen LogP contribution in [0.5, 0.6) is 11.5 Å². The van der Waals surface area contributed by atoms with Crippen molar-refractivity contribution in [1.29, 1.82) is 0 Å². The first-order valence-corrected chi connectivity index (χ1v) is 11.2. The molecule has 37 heavy (non-hydrogen) atoms. The number of hydrogen-bond acceptors (Lipinski definition) is 7. The van der Waals surface area contributed by atoms with Crippen molar-refractivity contribution in [3.8, 4) is 11.5 Å². The number of nitro groups is 1. The Balaban J connectivity index is 1.60. The summed E-state index contributed by atoms with van der Waals surface area (Å²) in [5.41, 5.74) is 2.84. The van der Waals surface area contributed by atoms with Crippen molar-refractivity contribution in [3.05, 3.63) is 98.6 Å². The number of urea groups is 1. The van der Waals surface area contributed by atoms with Gasteiger partial charge in [0.25, 0.3) is 17.5 Å². The number of aryl methyl sites for hydroxylation is 1. The van der Waals surface area contributed by atoms with Crippen molar-refractivity contribution in [2.45, 2.75) is 20.5 Å². The molecular weight excluding hydrogens is 478 g/mol. The number of carbonyl (C=O) groups is 3. The van der Waals surface area contributed by atoms with Crippen LogP contribution in [0.25, 0.3) is 6.08 Å². The van der Waals surface area contributed by atoms with E-state index in [0.717, 1.165) is 16.0 Å². The van der Waals surface area contributed by atoms with Gasteiger partial charge in [0, 0.05) is 12.1 Å². The van der Waals surface area contributed by atoms with Gasteiger partial charge >= 0.3 is 6.03 Å². The standard InChI is InChI=1S/C27H23N3O7/c1-16-6-4-9-22(17(16)2)29-26(32)21(25(31)28-27(29)33)13-18-10-11-23(24(14-18)36-3)37-15-19-7-5-8-20(12-19)30(34)35/h4-14H,15H2,1-3H3,(H,28,31,33)/b21-13+. The van der Waals surface area contributed by atoms with Gasteiger partial charge < -0.3 is 9.47 Å². The molecule has 0 bridgehead atoms. The second-order valence-electron chi connectivity index (χ2n) is 8.30. The molecule has 10 heteroatoms. The molecule has 3 aromatic carbocycles. The minimum atomic E-state index is -0.816. The van der Waals surface area contributed by atoms with Gasteiger partial charge in [-0.1, -0.05) is 30.3 Å². The molecule has 0 unspecified atom stereocenters. The molecule has 1 N–H and O–H groups in total. The number of nitrogens with zero attached hydrogens (tertiary/aromatic N) is 2. The van der Waals surface area contributed by atoms with Crippen molar-refractivity contribution in [2.75, 3.05) is 12.0 Å². The number of benzene rings is 3. The lowest BCUT2D eigenvalue weighted by molar-refractivity contribution is -0.384. The lowest BCUT2D eigenvalue weighted by atomic mass is 10.0. The summed E-state index contributed by atoms with van der Waals surface area (Å²) >= 11 is 0. The number of rotatable bonds is 7. The Morgan fingerprint density at radius 2 is 1.76 bits per heavy atom. The Morgan fingerprint density at radius 3 is 2.49 bits per heavy atom. The molecule has 3 aromatic rings. The summed E-state index contributed by atoms with van der Waals surface area (Å²) in [4.78, 5) is 49.8. The van der Waals surface area contributed by atoms with Crippen LogP contribution in [0, 0.1) is 24.0 Å². The van der Waals surface area contributed by atoms with Gasteiger partial charge in [0.15, 0.2) is 11.5 Å². The zero-order valence-electron chi connectivity index (χ0n) is 20.3. The highest BCUT2D eigenvalue weighted by molar-refractivity contribution is 6.39. The Hall–Kier alpha value is -4.99. The summed E-state index contributed by atoms with van der Waals surface area (Å²) in [6.45, 7) is 3.72. The number of carbonyl (C=O) groups excluding carboxylic acids is 3. The number of ether oxygens (including phenoxy) is 2. The fourth-order valence-corrected chi connectivity index (χ4v) is 3.83. The van der Waals surface area contributed by atoms with Gasteiger partial charge in [0.05, 0.1) is 17.7 Å². The fourth-order valence-electron chi connectivity index (χ4n) is 3.83. The maximum absolute atomic E-state index is 13.2. The molecule has 1 aliphatic heterocycles. The van der Waals surface area contributed by atoms with Gasteiger partial charge in [-0.2, -0.15) is 0 Å². The van der Waals surface area contributed by atoms with Crippen LogP contribution in [-0.2, 0) is 16.2 Å². The van der Waals surface area contributed by atoms with Crippen LogP contribution in [0.1, 0.15) is 22.3 Å². The summed E-state index contributed by atoms with van der Waals surface area (Å²) in [5.74, 6) is -0.859. The molecule has 1 heterocycles. The second kappa shape index (κ2) is 10.3. The average Bonchev–Trinajstić information content (AvgIpc) is 2.88. The third kappa shape index (κ3) is 5.18. The maximum atomic E-state index is 13.2. The number of non-ortho nitro benzene ring substituents is 1. The number of hydrogen-bond donors (Lipinski definition) is 1. The van der Waals surface area contributed by atoms with Crippen LogP contribution in [0.2, 0.25) is 0 Å². The van der Waals surface area contributed by atoms with Crippen molar-refractivity contribution in [2.24, 2.45) is 0 Å². The monoisotopic (exact) mass is 501 g/mol. The predicted octanol–water partition coefficient (Wildman–Crippen LogP) is 4.47. The van der Waals surface area contributed by atoms with E-state index in [-0.39, 0.29) is 17.9 Å². The third-order valence-corrected chi connectivity index (χ3v) is 5.93. The highest BCUT2D eigenvalue weighted by atomic mass is 16.6. The van der Waals surface area contributed by atoms with E-state index in [2.05, 4.69) is 5.32 Å². The van der Waals surface area contributed by atoms with E-state index in [1.165, 1.54) is 25.3 Å². The van der Waals surface area contributed by atoms with Crippen LogP contribution in [-0.4, -0.2) is 29.9 Å². The molecule has 0 saturated carbocycles. The van der Waals surface area contributed by atoms with Crippen LogP contribution < -0.4 is 19.7 Å². The minimum Gasteiger partial charge on any atom is -0.493 e. The van der Waals surface area contributed by atoms with Crippen molar-refractivity contribution < 1.29 is 28.8 Å². The molecule has 1 aliphatic rings. The van der Waals surface area contributed by atoms with Crippen LogP contribution in [0.15, 0.2) is 66.2 Å². The highest BCUT2D eigenvalue weighted by Crippen LogP contribution is 2.31. The lowest BCUT2D eigenvalue weighted by Gasteiger charge is -2.28. The Kier molecular flexibility index (Phi) is 7.01. The number of barbiturate groups is 1. The van der Waals surface area contributed by atoms with E-state index < -0.39 is 22.8 Å². The van der Waals surface area contributed by atoms with E-state index in [1.807, 2.05) is 13.0 Å². The molecule has 0 aromatic heterocycles. The molecule has 10 nitrogen and oxygen atoms in total. The van der Waals surface area contributed by atoms with Crippen LogP contribution >= 0.6 is 0 Å². The number of imide groups is 2. The molecule has 1 saturated heterocycles. The number of nitrogens with one attached hydrogen (secondary N) is 1. The predicted molar refractivity (Wildman–Crippen MR) is 135 cm³/mol. The third-order valence-electron chi connectivity index (χ3n) is 5.93. The summed E-state index contributed by atoms with van der Waals surface area (Å²) in [6, 6.07) is 15.3. The fraction of sp³-hybridized carbons (Fsp3) is 0.148. The second-order valence-corrected chi connectivity index (χ2v) is 8.30. The zero-order chi connectivity index (χ0) is 26.7. The number of nitro benzene ring substituents is 1. The van der Waals surface area contributed by atoms with Gasteiger partial charge in [0.2, 0.25) is 0 Å². The first kappa shape index (κ1) is 25.1. The maximum Gasteiger partial charge on any atom is 0.335 e. The van der Waals surface area contributed by atoms with Gasteiger partial charge in [-0.05, 0) is 60.4 Å². The van der Waals surface area contributed by atoms with Crippen LogP contribution in [0.4, 0.5) is 16.2 Å². The van der Waals surface area contributed by atoms with Crippen LogP contribution in [0.3, 0.4) is 0 Å². The van der Waals surface area contributed by atoms with E-state index in [9.17, 15) is 24.5 Å². The minimum absolute atomic E-state index is 0.0427. The quantitative estimate of drug-likeness (QED) is 0.219. The number of methoxy groups -OCH3 is 1. The molecule has 0 spiro atoms. The van der Waals surface area contributed by atoms with Gasteiger partial charge in [-0.15, -0.1) is 0 Å². The van der Waals surface area contributed by atoms with Gasteiger partial charge in [0.1, 0.15) is 12.2 Å². The van der Waals surface area contributed by atoms with Gasteiger partial charge in [-0.25, -0.2) is 9.69 Å². The molecule has 188 valence electrons. The topological polar surface area (TPSA) is 128 Å². The molecule has 0 radical (unpaired) electrons. The molecule has 1 fully saturated rings. The Labute approximate surface area is 212 Å². The summed E-state index contributed by atoms with van der Waals surface area (Å²) in [6.07, 6.45) is 1.37. The first-order chi connectivity index (χ1) is 17.7. The SMILES string of the molecule is COc1cc(/C=C2\C(=O)NC(=O)N(c3cccc(C)c3C)C2=O)ccc1OCc1cccc([N+](=O)[O-])c1. The molecule has 4 amide bonds. The van der Waals surface area contributed by atoms with Crippen molar-refractivity contribution in [3.63, 3.8) is 0 Å². The highest BCUT2D eigenvalue weighted by Gasteiger charge is 2.37.